The summed E-state index contributed by atoms with van der Waals surface area (Å²) in [5.41, 5.74) is 18.5. The van der Waals surface area contributed by atoms with Crippen molar-refractivity contribution in [3.05, 3.63) is 35.4 Å². The van der Waals surface area contributed by atoms with Gasteiger partial charge in [0.25, 0.3) is 5.91 Å². The van der Waals surface area contributed by atoms with Gasteiger partial charge in [-0.15, -0.1) is 11.3 Å². The third-order valence-corrected chi connectivity index (χ3v) is 6.37. The number of esters is 1. The van der Waals surface area contributed by atoms with Gasteiger partial charge in [0, 0.05) is 11.3 Å². The highest BCUT2D eigenvalue weighted by atomic mass is 32.1. The normalized spacial score (nSPS) is 14.7. The number of thiophene rings is 1. The van der Waals surface area contributed by atoms with E-state index in [9.17, 15) is 14.4 Å². The Hall–Kier alpha value is -3.11. The molecule has 3 rings (SSSR count). The summed E-state index contributed by atoms with van der Waals surface area (Å²) >= 11 is 1.21. The van der Waals surface area contributed by atoms with Crippen LogP contribution in [0.4, 0.5) is 9.80 Å². The number of amides is 3. The largest absolute Gasteiger partial charge is 0.494 e. The van der Waals surface area contributed by atoms with Crippen molar-refractivity contribution < 1.29 is 23.9 Å². The van der Waals surface area contributed by atoms with Gasteiger partial charge in [-0.05, 0) is 68.0 Å². The van der Waals surface area contributed by atoms with Gasteiger partial charge < -0.3 is 26.7 Å². The molecule has 1 aromatic heterocycles. The summed E-state index contributed by atoms with van der Waals surface area (Å²) in [6, 6.07) is 5.62. The Balaban J connectivity index is 1.60. The van der Waals surface area contributed by atoms with E-state index < -0.39 is 18.0 Å². The van der Waals surface area contributed by atoms with Crippen LogP contribution in [0.2, 0.25) is 0 Å². The Kier molecular flexibility index (Phi) is 7.70. The Morgan fingerprint density at radius 1 is 1.19 bits per heavy atom. The molecular formula is C22H28N4O5S. The molecule has 1 aromatic carbocycles. The average Bonchev–Trinajstić information content (AvgIpc) is 3.37. The lowest BCUT2D eigenvalue weighted by atomic mass is 10.1. The molecule has 2 aromatic rings. The van der Waals surface area contributed by atoms with Gasteiger partial charge in [0.2, 0.25) is 0 Å². The van der Waals surface area contributed by atoms with E-state index in [0.717, 1.165) is 41.7 Å². The van der Waals surface area contributed by atoms with Crippen molar-refractivity contribution in [3.8, 4) is 16.2 Å². The summed E-state index contributed by atoms with van der Waals surface area (Å²) < 4.78 is 11.2. The highest BCUT2D eigenvalue weighted by Crippen LogP contribution is 2.37. The molecule has 7 N–H and O–H groups in total. The van der Waals surface area contributed by atoms with Gasteiger partial charge in [0.1, 0.15) is 22.9 Å². The van der Waals surface area contributed by atoms with Crippen LogP contribution < -0.4 is 27.3 Å². The molecule has 1 saturated carbocycles. The minimum absolute atomic E-state index is 0.00400. The van der Waals surface area contributed by atoms with Crippen molar-refractivity contribution >= 4 is 34.2 Å². The molecule has 1 heterocycles. The molecule has 0 bridgehead atoms. The SMILES string of the molecule is Cc1cc(OCC[C@H](N)C(=O)OC2CCCC2)ccc1-c1cc(C(N)=O)c(NC(N)=O)s1. The lowest BCUT2D eigenvalue weighted by molar-refractivity contribution is -0.150. The molecule has 9 nitrogen and oxygen atoms in total. The molecule has 1 aliphatic carbocycles. The number of benzene rings is 1. The van der Waals surface area contributed by atoms with E-state index in [1.165, 1.54) is 11.3 Å². The summed E-state index contributed by atoms with van der Waals surface area (Å²) in [6.45, 7) is 2.18. The van der Waals surface area contributed by atoms with Crippen LogP contribution in [-0.2, 0) is 9.53 Å². The molecule has 0 radical (unpaired) electrons. The van der Waals surface area contributed by atoms with Crippen molar-refractivity contribution in [3.63, 3.8) is 0 Å². The summed E-state index contributed by atoms with van der Waals surface area (Å²) in [5, 5.41) is 2.73. The number of ether oxygens (including phenoxy) is 2. The van der Waals surface area contributed by atoms with Crippen LogP contribution in [0.1, 0.15) is 48.0 Å². The summed E-state index contributed by atoms with van der Waals surface area (Å²) in [6.07, 6.45) is 4.34. The molecule has 0 saturated heterocycles. The predicted molar refractivity (Wildman–Crippen MR) is 123 cm³/mol. The van der Waals surface area contributed by atoms with Crippen LogP contribution >= 0.6 is 11.3 Å². The first-order chi connectivity index (χ1) is 15.2. The van der Waals surface area contributed by atoms with Gasteiger partial charge >= 0.3 is 12.0 Å². The van der Waals surface area contributed by atoms with Crippen LogP contribution in [0.25, 0.3) is 10.4 Å². The van der Waals surface area contributed by atoms with Crippen molar-refractivity contribution in [2.45, 2.75) is 51.2 Å². The summed E-state index contributed by atoms with van der Waals surface area (Å²) in [4.78, 5) is 35.7. The second-order valence-corrected chi connectivity index (χ2v) is 8.82. The van der Waals surface area contributed by atoms with Crippen molar-refractivity contribution in [2.75, 3.05) is 11.9 Å². The van der Waals surface area contributed by atoms with E-state index >= 15 is 0 Å². The third kappa shape index (κ3) is 5.98. The first kappa shape index (κ1) is 23.6. The van der Waals surface area contributed by atoms with Gasteiger partial charge in [-0.2, -0.15) is 0 Å². The minimum atomic E-state index is -0.772. The number of aryl methyl sites for hydroxylation is 1. The number of anilines is 1. The zero-order valence-corrected chi connectivity index (χ0v) is 18.7. The highest BCUT2D eigenvalue weighted by molar-refractivity contribution is 7.20. The molecule has 1 fully saturated rings. The number of hydrogen-bond acceptors (Lipinski definition) is 7. The molecule has 0 spiro atoms. The Morgan fingerprint density at radius 3 is 2.53 bits per heavy atom. The maximum atomic E-state index is 12.1. The number of primary amides is 2. The van der Waals surface area contributed by atoms with Crippen LogP contribution in [0, 0.1) is 6.92 Å². The number of rotatable bonds is 9. The second-order valence-electron chi connectivity index (χ2n) is 7.77. The molecule has 1 aliphatic rings. The van der Waals surface area contributed by atoms with Gasteiger partial charge in [-0.25, -0.2) is 4.79 Å². The third-order valence-electron chi connectivity index (χ3n) is 5.28. The molecule has 10 heteroatoms. The predicted octanol–water partition coefficient (Wildman–Crippen LogP) is 2.90. The zero-order chi connectivity index (χ0) is 23.3. The molecule has 0 unspecified atom stereocenters. The van der Waals surface area contributed by atoms with E-state index in [0.29, 0.717) is 17.2 Å². The Bertz CT molecular complexity index is 1000. The first-order valence-electron chi connectivity index (χ1n) is 10.4. The number of carbonyl (C=O) groups excluding carboxylic acids is 3. The minimum Gasteiger partial charge on any atom is -0.494 e. The number of urea groups is 1. The fourth-order valence-electron chi connectivity index (χ4n) is 3.59. The molecule has 3 amide bonds. The number of nitrogens with two attached hydrogens (primary N) is 3. The van der Waals surface area contributed by atoms with Crippen LogP contribution in [-0.4, -0.2) is 36.7 Å². The van der Waals surface area contributed by atoms with Crippen molar-refractivity contribution in [2.24, 2.45) is 17.2 Å². The van der Waals surface area contributed by atoms with E-state index in [1.54, 1.807) is 12.1 Å². The van der Waals surface area contributed by atoms with E-state index in [2.05, 4.69) is 5.32 Å². The van der Waals surface area contributed by atoms with Crippen LogP contribution in [0.3, 0.4) is 0 Å². The maximum absolute atomic E-state index is 12.1. The standard InChI is InChI=1S/C22H28N4O5S/c1-12-10-14(30-9-8-17(23)21(28)31-13-4-2-3-5-13)6-7-15(12)18-11-16(19(24)27)20(32-18)26-22(25)29/h6-7,10-11,13,17H,2-5,8-9,23H2,1H3,(H2,24,27)(H3,25,26,29)/t17-/m0/s1. The summed E-state index contributed by atoms with van der Waals surface area (Å²) in [5.74, 6) is -0.406. The smallest absolute Gasteiger partial charge is 0.323 e. The van der Waals surface area contributed by atoms with Crippen molar-refractivity contribution in [1.29, 1.82) is 0 Å². The van der Waals surface area contributed by atoms with Crippen LogP contribution in [0.5, 0.6) is 5.75 Å². The number of hydrogen-bond donors (Lipinski definition) is 4. The Labute approximate surface area is 190 Å². The monoisotopic (exact) mass is 460 g/mol. The van der Waals surface area contributed by atoms with Gasteiger partial charge in [-0.1, -0.05) is 0 Å². The molecule has 1 atom stereocenters. The summed E-state index contributed by atoms with van der Waals surface area (Å²) in [7, 11) is 0. The topological polar surface area (TPSA) is 160 Å². The molecule has 32 heavy (non-hydrogen) atoms. The quantitative estimate of drug-likeness (QED) is 0.421. The van der Waals surface area contributed by atoms with E-state index in [-0.39, 0.29) is 24.2 Å². The van der Waals surface area contributed by atoms with Gasteiger partial charge in [-0.3, -0.25) is 14.9 Å². The molecular weight excluding hydrogens is 432 g/mol. The fourth-order valence-corrected chi connectivity index (χ4v) is 4.75. The number of carbonyl (C=O) groups is 3. The van der Waals surface area contributed by atoms with Crippen LogP contribution in [0.15, 0.2) is 24.3 Å². The van der Waals surface area contributed by atoms with Gasteiger partial charge in [0.15, 0.2) is 0 Å². The zero-order valence-electron chi connectivity index (χ0n) is 17.9. The Morgan fingerprint density at radius 2 is 1.91 bits per heavy atom. The second kappa shape index (κ2) is 10.5. The highest BCUT2D eigenvalue weighted by Gasteiger charge is 2.23. The lowest BCUT2D eigenvalue weighted by Gasteiger charge is -2.16. The first-order valence-corrected chi connectivity index (χ1v) is 11.3. The maximum Gasteiger partial charge on any atom is 0.323 e. The molecule has 0 aliphatic heterocycles. The average molecular weight is 461 g/mol. The van der Waals surface area contributed by atoms with Crippen molar-refractivity contribution in [1.82, 2.24) is 0 Å². The van der Waals surface area contributed by atoms with E-state index in [1.807, 2.05) is 19.1 Å². The molecule has 172 valence electrons. The number of nitrogens with one attached hydrogen (secondary N) is 1. The fraction of sp³-hybridized carbons (Fsp3) is 0.409. The lowest BCUT2D eigenvalue weighted by Crippen LogP contribution is -2.35. The van der Waals surface area contributed by atoms with E-state index in [4.69, 9.17) is 26.7 Å². The van der Waals surface area contributed by atoms with Gasteiger partial charge in [0.05, 0.1) is 12.2 Å².